The van der Waals surface area contributed by atoms with Crippen LogP contribution in [0.15, 0.2) is 6.33 Å². The Kier molecular flexibility index (Phi) is 4.21. The Bertz CT molecular complexity index is 262. The van der Waals surface area contributed by atoms with Gasteiger partial charge in [-0.1, -0.05) is 23.2 Å². The van der Waals surface area contributed by atoms with E-state index in [1.54, 1.807) is 0 Å². The Morgan fingerprint density at radius 2 is 1.92 bits per heavy atom. The Morgan fingerprint density at radius 1 is 1.31 bits per heavy atom. The van der Waals surface area contributed by atoms with Gasteiger partial charge in [0.05, 0.1) is 6.61 Å². The SMILES string of the molecule is NCCCOc1c(Cl)ncnc1Cl. The van der Waals surface area contributed by atoms with Crippen molar-refractivity contribution in [1.29, 1.82) is 0 Å². The topological polar surface area (TPSA) is 61.0 Å². The number of nitrogens with two attached hydrogens (primary N) is 1. The van der Waals surface area contributed by atoms with E-state index < -0.39 is 0 Å². The van der Waals surface area contributed by atoms with Gasteiger partial charge in [-0.25, -0.2) is 9.97 Å². The monoisotopic (exact) mass is 221 g/mol. The van der Waals surface area contributed by atoms with E-state index in [0.717, 1.165) is 6.42 Å². The molecule has 13 heavy (non-hydrogen) atoms. The lowest BCUT2D eigenvalue weighted by Crippen LogP contribution is -2.07. The maximum atomic E-state index is 5.72. The first kappa shape index (κ1) is 10.5. The molecule has 6 heteroatoms. The lowest BCUT2D eigenvalue weighted by Gasteiger charge is -2.06. The van der Waals surface area contributed by atoms with Crippen LogP contribution in [0.1, 0.15) is 6.42 Å². The van der Waals surface area contributed by atoms with Crippen LogP contribution in [-0.4, -0.2) is 23.1 Å². The highest BCUT2D eigenvalue weighted by Crippen LogP contribution is 2.28. The molecule has 72 valence electrons. The number of hydrogen-bond acceptors (Lipinski definition) is 4. The Hall–Kier alpha value is -0.580. The number of rotatable bonds is 4. The fourth-order valence-electron chi connectivity index (χ4n) is 0.709. The van der Waals surface area contributed by atoms with Gasteiger partial charge in [0.1, 0.15) is 6.33 Å². The molecule has 0 atom stereocenters. The van der Waals surface area contributed by atoms with Crippen molar-refractivity contribution in [3.8, 4) is 5.75 Å². The van der Waals surface area contributed by atoms with Crippen LogP contribution >= 0.6 is 23.2 Å². The summed E-state index contributed by atoms with van der Waals surface area (Å²) < 4.78 is 5.24. The van der Waals surface area contributed by atoms with Gasteiger partial charge in [0, 0.05) is 0 Å². The zero-order valence-electron chi connectivity index (χ0n) is 6.83. The predicted molar refractivity (Wildman–Crippen MR) is 51.2 cm³/mol. The standard InChI is InChI=1S/C7H9Cl2N3O/c8-6-5(13-3-1-2-10)7(9)12-4-11-6/h4H,1-3,10H2. The third-order valence-corrected chi connectivity index (χ3v) is 1.85. The third-order valence-electron chi connectivity index (χ3n) is 1.31. The molecule has 0 radical (unpaired) electrons. The lowest BCUT2D eigenvalue weighted by molar-refractivity contribution is 0.311. The van der Waals surface area contributed by atoms with Crippen LogP contribution < -0.4 is 10.5 Å². The van der Waals surface area contributed by atoms with Gasteiger partial charge in [0.25, 0.3) is 0 Å². The van der Waals surface area contributed by atoms with Crippen LogP contribution in [0.5, 0.6) is 5.75 Å². The van der Waals surface area contributed by atoms with Crippen LogP contribution in [-0.2, 0) is 0 Å². The molecular weight excluding hydrogens is 213 g/mol. The second-order valence-electron chi connectivity index (χ2n) is 2.28. The molecule has 4 nitrogen and oxygen atoms in total. The number of halogens is 2. The lowest BCUT2D eigenvalue weighted by atomic mass is 10.5. The zero-order valence-corrected chi connectivity index (χ0v) is 8.35. The van der Waals surface area contributed by atoms with Gasteiger partial charge < -0.3 is 10.5 Å². The molecule has 0 aromatic carbocycles. The summed E-state index contributed by atoms with van der Waals surface area (Å²) in [6.45, 7) is 1.02. The first-order valence-electron chi connectivity index (χ1n) is 3.74. The summed E-state index contributed by atoms with van der Waals surface area (Å²) in [5.41, 5.74) is 5.29. The van der Waals surface area contributed by atoms with E-state index in [4.69, 9.17) is 33.7 Å². The quantitative estimate of drug-likeness (QED) is 0.619. The second-order valence-corrected chi connectivity index (χ2v) is 2.99. The van der Waals surface area contributed by atoms with Crippen molar-refractivity contribution in [2.75, 3.05) is 13.2 Å². The van der Waals surface area contributed by atoms with E-state index in [0.29, 0.717) is 18.9 Å². The summed E-state index contributed by atoms with van der Waals surface area (Å²) in [5.74, 6) is 0.319. The van der Waals surface area contributed by atoms with Gasteiger partial charge in [-0.15, -0.1) is 0 Å². The molecule has 1 aromatic heterocycles. The third kappa shape index (κ3) is 2.99. The maximum Gasteiger partial charge on any atom is 0.194 e. The van der Waals surface area contributed by atoms with Gasteiger partial charge >= 0.3 is 0 Å². The van der Waals surface area contributed by atoms with Gasteiger partial charge in [-0.2, -0.15) is 0 Å². The van der Waals surface area contributed by atoms with Crippen LogP contribution in [0.25, 0.3) is 0 Å². The molecule has 0 bridgehead atoms. The minimum atomic E-state index is 0.219. The Balaban J connectivity index is 2.64. The van der Waals surface area contributed by atoms with Crippen LogP contribution in [0.3, 0.4) is 0 Å². The average molecular weight is 222 g/mol. The van der Waals surface area contributed by atoms with Crippen molar-refractivity contribution in [3.63, 3.8) is 0 Å². The van der Waals surface area contributed by atoms with Crippen molar-refractivity contribution < 1.29 is 4.74 Å². The predicted octanol–water partition coefficient (Wildman–Crippen LogP) is 1.51. The number of hydrogen-bond donors (Lipinski definition) is 1. The molecule has 1 rings (SSSR count). The van der Waals surface area contributed by atoms with Gasteiger partial charge in [-0.05, 0) is 13.0 Å². The van der Waals surface area contributed by atoms with E-state index in [-0.39, 0.29) is 10.3 Å². The summed E-state index contributed by atoms with van der Waals surface area (Å²) in [6.07, 6.45) is 2.02. The van der Waals surface area contributed by atoms with E-state index in [1.165, 1.54) is 6.33 Å². The molecular formula is C7H9Cl2N3O. The number of aromatic nitrogens is 2. The summed E-state index contributed by atoms with van der Waals surface area (Å²) in [6, 6.07) is 0. The van der Waals surface area contributed by atoms with Crippen molar-refractivity contribution in [2.24, 2.45) is 5.73 Å². The molecule has 0 spiro atoms. The first-order chi connectivity index (χ1) is 6.25. The largest absolute Gasteiger partial charge is 0.487 e. The van der Waals surface area contributed by atoms with E-state index in [2.05, 4.69) is 9.97 Å². The molecule has 1 aromatic rings. The fourth-order valence-corrected chi connectivity index (χ4v) is 1.13. The summed E-state index contributed by atoms with van der Waals surface area (Å²) in [5, 5.41) is 0.439. The van der Waals surface area contributed by atoms with Crippen molar-refractivity contribution in [1.82, 2.24) is 9.97 Å². The maximum absolute atomic E-state index is 5.72. The van der Waals surface area contributed by atoms with Gasteiger partial charge in [0.2, 0.25) is 0 Å². The molecule has 1 heterocycles. The molecule has 0 aliphatic rings. The van der Waals surface area contributed by atoms with Gasteiger partial charge in [-0.3, -0.25) is 0 Å². The zero-order chi connectivity index (χ0) is 9.68. The van der Waals surface area contributed by atoms with E-state index in [9.17, 15) is 0 Å². The first-order valence-corrected chi connectivity index (χ1v) is 4.50. The van der Waals surface area contributed by atoms with Crippen LogP contribution in [0.2, 0.25) is 10.3 Å². The molecule has 0 aliphatic carbocycles. The second kappa shape index (κ2) is 5.21. The highest BCUT2D eigenvalue weighted by atomic mass is 35.5. The van der Waals surface area contributed by atoms with Crippen molar-refractivity contribution in [3.05, 3.63) is 16.6 Å². The summed E-state index contributed by atoms with van der Waals surface area (Å²) in [7, 11) is 0. The molecule has 0 saturated carbocycles. The van der Waals surface area contributed by atoms with Gasteiger partial charge in [0.15, 0.2) is 16.1 Å². The Morgan fingerprint density at radius 3 is 2.46 bits per heavy atom. The van der Waals surface area contributed by atoms with E-state index in [1.807, 2.05) is 0 Å². The van der Waals surface area contributed by atoms with Crippen molar-refractivity contribution >= 4 is 23.2 Å². The smallest absolute Gasteiger partial charge is 0.194 e. The molecule has 0 amide bonds. The highest BCUT2D eigenvalue weighted by molar-refractivity contribution is 6.35. The normalized spacial score (nSPS) is 10.1. The molecule has 0 saturated heterocycles. The molecule has 0 aliphatic heterocycles. The minimum absolute atomic E-state index is 0.219. The highest BCUT2D eigenvalue weighted by Gasteiger charge is 2.08. The Labute approximate surface area is 86.0 Å². The average Bonchev–Trinajstić information content (AvgIpc) is 2.10. The number of ether oxygens (including phenoxy) is 1. The van der Waals surface area contributed by atoms with Crippen molar-refractivity contribution in [2.45, 2.75) is 6.42 Å². The summed E-state index contributed by atoms with van der Waals surface area (Å²) in [4.78, 5) is 7.46. The minimum Gasteiger partial charge on any atom is -0.487 e. The van der Waals surface area contributed by atoms with Crippen LogP contribution in [0.4, 0.5) is 0 Å². The summed E-state index contributed by atoms with van der Waals surface area (Å²) >= 11 is 11.4. The fraction of sp³-hybridized carbons (Fsp3) is 0.429. The molecule has 0 fully saturated rings. The number of nitrogens with zero attached hydrogens (tertiary/aromatic N) is 2. The van der Waals surface area contributed by atoms with E-state index >= 15 is 0 Å². The molecule has 2 N–H and O–H groups in total. The van der Waals surface area contributed by atoms with Crippen LogP contribution in [0, 0.1) is 0 Å². The molecule has 0 unspecified atom stereocenters.